The van der Waals surface area contributed by atoms with E-state index < -0.39 is 12.0 Å². The Morgan fingerprint density at radius 3 is 2.80 bits per heavy atom. The van der Waals surface area contributed by atoms with Gasteiger partial charge in [0.25, 0.3) is 0 Å². The molecular weight excluding hydrogens is 396 g/mol. The van der Waals surface area contributed by atoms with Crippen LogP contribution < -0.4 is 15.1 Å². The van der Waals surface area contributed by atoms with Crippen LogP contribution in [-0.4, -0.2) is 40.8 Å². The van der Waals surface area contributed by atoms with Crippen molar-refractivity contribution in [3.8, 4) is 11.5 Å². The lowest BCUT2D eigenvalue weighted by Crippen LogP contribution is -2.33. The maximum absolute atomic E-state index is 11.1. The first kappa shape index (κ1) is 18.9. The molecule has 8 nitrogen and oxygen atoms in total. The summed E-state index contributed by atoms with van der Waals surface area (Å²) in [6, 6.07) is 2.73. The number of nitrogens with one attached hydrogen (secondary N) is 2. The van der Waals surface area contributed by atoms with Gasteiger partial charge in [-0.2, -0.15) is 0 Å². The van der Waals surface area contributed by atoms with E-state index in [0.29, 0.717) is 27.6 Å². The molecule has 9 heteroatoms. The summed E-state index contributed by atoms with van der Waals surface area (Å²) in [6.07, 6.45) is 2.14. The molecule has 0 aliphatic carbocycles. The van der Waals surface area contributed by atoms with Crippen LogP contribution in [0.25, 0.3) is 10.9 Å². The van der Waals surface area contributed by atoms with Gasteiger partial charge in [0, 0.05) is 12.6 Å². The maximum atomic E-state index is 11.1. The number of hydroxylamine groups is 1. The quantitative estimate of drug-likeness (QED) is 0.404. The normalized spacial score (nSPS) is 11.9. The number of aliphatic carboxylic acids is 1. The Kier molecular flexibility index (Phi) is 6.54. The van der Waals surface area contributed by atoms with Crippen molar-refractivity contribution >= 4 is 44.9 Å². The number of hydrogen-bond acceptors (Lipinski definition) is 6. The van der Waals surface area contributed by atoms with Crippen molar-refractivity contribution in [2.24, 2.45) is 0 Å². The molecule has 2 aromatic rings. The smallest absolute Gasteiger partial charge is 0.303 e. The van der Waals surface area contributed by atoms with Crippen LogP contribution >= 0.6 is 15.9 Å². The second-order valence-electron chi connectivity index (χ2n) is 5.34. The van der Waals surface area contributed by atoms with Crippen LogP contribution in [0.3, 0.4) is 0 Å². The summed E-state index contributed by atoms with van der Waals surface area (Å²) in [5, 5.41) is 9.34. The van der Waals surface area contributed by atoms with Gasteiger partial charge in [0.05, 0.1) is 21.4 Å². The molecule has 2 rings (SSSR count). The molecule has 25 heavy (non-hydrogen) atoms. The SMILES string of the molecule is CC(=O)COc1ccc2[nH]cc(ON[C@H](C=O)CCC(=O)O)c2c1Br. The Balaban J connectivity index is 2.15. The zero-order valence-corrected chi connectivity index (χ0v) is 15.0. The average molecular weight is 413 g/mol. The molecule has 0 bridgehead atoms. The lowest BCUT2D eigenvalue weighted by Gasteiger charge is -2.13. The van der Waals surface area contributed by atoms with Crippen molar-refractivity contribution in [2.45, 2.75) is 25.8 Å². The van der Waals surface area contributed by atoms with Crippen molar-refractivity contribution in [2.75, 3.05) is 6.61 Å². The molecule has 0 saturated carbocycles. The lowest BCUT2D eigenvalue weighted by molar-refractivity contribution is -0.137. The molecule has 0 saturated heterocycles. The number of fused-ring (bicyclic) bond motifs is 1. The second-order valence-corrected chi connectivity index (χ2v) is 6.13. The van der Waals surface area contributed by atoms with Crippen molar-refractivity contribution < 1.29 is 29.1 Å². The molecule has 0 aliphatic rings. The molecule has 0 radical (unpaired) electrons. The minimum atomic E-state index is -0.990. The highest BCUT2D eigenvalue weighted by Gasteiger charge is 2.16. The summed E-state index contributed by atoms with van der Waals surface area (Å²) < 4.78 is 6.03. The number of carbonyl (C=O) groups excluding carboxylic acids is 2. The largest absolute Gasteiger partial charge is 0.485 e. The molecule has 1 aromatic carbocycles. The number of aldehydes is 1. The Bertz CT molecular complexity index is 788. The number of carboxylic acids is 1. The fourth-order valence-electron chi connectivity index (χ4n) is 2.08. The molecule has 0 fully saturated rings. The van der Waals surface area contributed by atoms with E-state index >= 15 is 0 Å². The van der Waals surface area contributed by atoms with Gasteiger partial charge in [-0.3, -0.25) is 9.59 Å². The number of carboxylic acid groups (broad SMARTS) is 1. The van der Waals surface area contributed by atoms with Crippen molar-refractivity contribution in [1.82, 2.24) is 10.5 Å². The Labute approximate surface area is 151 Å². The van der Waals surface area contributed by atoms with Crippen LogP contribution in [0.1, 0.15) is 19.8 Å². The zero-order valence-electron chi connectivity index (χ0n) is 13.4. The highest BCUT2D eigenvalue weighted by molar-refractivity contribution is 9.10. The van der Waals surface area contributed by atoms with Gasteiger partial charge in [-0.05, 0) is 41.4 Å². The minimum Gasteiger partial charge on any atom is -0.485 e. The standard InChI is InChI=1S/C16H17BrN2O6/c1-9(21)8-24-12-4-3-11-15(16(12)17)13(6-18-11)25-19-10(7-20)2-5-14(22)23/h3-4,6-7,10,18-19H,2,5,8H2,1H3,(H,22,23)/t10-/m0/s1. The zero-order chi connectivity index (χ0) is 18.4. The van der Waals surface area contributed by atoms with Crippen LogP contribution in [0.4, 0.5) is 0 Å². The van der Waals surface area contributed by atoms with Crippen molar-refractivity contribution in [3.05, 3.63) is 22.8 Å². The molecule has 0 unspecified atom stereocenters. The summed E-state index contributed by atoms with van der Waals surface area (Å²) in [7, 11) is 0. The molecular formula is C16H17BrN2O6. The number of aromatic nitrogens is 1. The number of hydrogen-bond donors (Lipinski definition) is 3. The van der Waals surface area contributed by atoms with Crippen LogP contribution in [-0.2, 0) is 14.4 Å². The van der Waals surface area contributed by atoms with E-state index in [-0.39, 0.29) is 25.2 Å². The van der Waals surface area contributed by atoms with E-state index in [1.807, 2.05) is 0 Å². The summed E-state index contributed by atoms with van der Waals surface area (Å²) in [5.74, 6) is -0.218. The van der Waals surface area contributed by atoms with E-state index in [9.17, 15) is 14.4 Å². The Morgan fingerprint density at radius 1 is 1.40 bits per heavy atom. The van der Waals surface area contributed by atoms with Gasteiger partial charge >= 0.3 is 5.97 Å². The predicted molar refractivity (Wildman–Crippen MR) is 92.7 cm³/mol. The number of halogens is 1. The van der Waals surface area contributed by atoms with Gasteiger partial charge in [-0.25, -0.2) is 0 Å². The Hall–Kier alpha value is -2.39. The van der Waals surface area contributed by atoms with E-state index in [1.54, 1.807) is 18.3 Å². The third-order valence-corrected chi connectivity index (χ3v) is 4.08. The summed E-state index contributed by atoms with van der Waals surface area (Å²) in [5.41, 5.74) is 3.31. The number of H-pyrrole nitrogens is 1. The highest BCUT2D eigenvalue weighted by Crippen LogP contribution is 2.38. The van der Waals surface area contributed by atoms with E-state index in [1.165, 1.54) is 6.92 Å². The fourth-order valence-corrected chi connectivity index (χ4v) is 2.73. The molecule has 3 N–H and O–H groups in total. The number of rotatable bonds is 10. The van der Waals surface area contributed by atoms with Gasteiger partial charge in [0.15, 0.2) is 11.5 Å². The predicted octanol–water partition coefficient (Wildman–Crippen LogP) is 2.21. The lowest BCUT2D eigenvalue weighted by atomic mass is 10.2. The molecule has 1 heterocycles. The summed E-state index contributed by atoms with van der Waals surface area (Å²) in [6.45, 7) is 1.38. The van der Waals surface area contributed by atoms with E-state index in [2.05, 4.69) is 26.4 Å². The molecule has 0 amide bonds. The molecule has 0 aliphatic heterocycles. The van der Waals surface area contributed by atoms with Gasteiger partial charge in [0.1, 0.15) is 18.6 Å². The number of aromatic amines is 1. The first-order valence-electron chi connectivity index (χ1n) is 7.43. The third-order valence-electron chi connectivity index (χ3n) is 3.30. The highest BCUT2D eigenvalue weighted by atomic mass is 79.9. The van der Waals surface area contributed by atoms with E-state index in [4.69, 9.17) is 14.7 Å². The van der Waals surface area contributed by atoms with Crippen molar-refractivity contribution in [3.63, 3.8) is 0 Å². The Morgan fingerprint density at radius 2 is 2.16 bits per heavy atom. The summed E-state index contributed by atoms with van der Waals surface area (Å²) in [4.78, 5) is 41.1. The van der Waals surface area contributed by atoms with Crippen LogP contribution in [0.2, 0.25) is 0 Å². The first-order valence-corrected chi connectivity index (χ1v) is 8.23. The summed E-state index contributed by atoms with van der Waals surface area (Å²) >= 11 is 3.42. The topological polar surface area (TPSA) is 118 Å². The number of ketones is 1. The number of Topliss-reactive ketones (excluding diaryl/α,β-unsaturated/α-hetero) is 1. The molecule has 0 spiro atoms. The first-order chi connectivity index (χ1) is 11.9. The fraction of sp³-hybridized carbons (Fsp3) is 0.312. The maximum Gasteiger partial charge on any atom is 0.303 e. The van der Waals surface area contributed by atoms with Crippen LogP contribution in [0.5, 0.6) is 11.5 Å². The number of ether oxygens (including phenoxy) is 1. The number of carbonyl (C=O) groups is 3. The van der Waals surface area contributed by atoms with Gasteiger partial charge in [0.2, 0.25) is 0 Å². The van der Waals surface area contributed by atoms with E-state index in [0.717, 1.165) is 5.52 Å². The molecule has 1 aromatic heterocycles. The average Bonchev–Trinajstić information content (AvgIpc) is 2.98. The minimum absolute atomic E-state index is 0.0502. The third kappa shape index (κ3) is 5.04. The molecule has 134 valence electrons. The van der Waals surface area contributed by atoms with Gasteiger partial charge in [-0.15, -0.1) is 5.48 Å². The second kappa shape index (κ2) is 8.63. The van der Waals surface area contributed by atoms with Crippen LogP contribution in [0, 0.1) is 0 Å². The van der Waals surface area contributed by atoms with Gasteiger partial charge < -0.3 is 24.5 Å². The van der Waals surface area contributed by atoms with Crippen LogP contribution in [0.15, 0.2) is 22.8 Å². The molecule has 1 atom stereocenters. The monoisotopic (exact) mass is 412 g/mol. The van der Waals surface area contributed by atoms with Crippen molar-refractivity contribution in [1.29, 1.82) is 0 Å². The van der Waals surface area contributed by atoms with Gasteiger partial charge in [-0.1, -0.05) is 0 Å². The number of benzene rings is 1.